The van der Waals surface area contributed by atoms with E-state index in [1.807, 2.05) is 53.5 Å². The zero-order valence-corrected chi connectivity index (χ0v) is 25.1. The van der Waals surface area contributed by atoms with Crippen molar-refractivity contribution in [2.45, 2.75) is 44.5 Å². The van der Waals surface area contributed by atoms with Crippen LogP contribution in [0.25, 0.3) is 5.69 Å². The first-order valence-electron chi connectivity index (χ1n) is 15.0. The predicted molar refractivity (Wildman–Crippen MR) is 165 cm³/mol. The van der Waals surface area contributed by atoms with Gasteiger partial charge in [-0.05, 0) is 60.4 Å². The lowest BCUT2D eigenvalue weighted by molar-refractivity contribution is -0.125. The van der Waals surface area contributed by atoms with Crippen LogP contribution in [0.5, 0.6) is 17.2 Å². The van der Waals surface area contributed by atoms with Gasteiger partial charge in [-0.1, -0.05) is 24.3 Å². The monoisotopic (exact) mass is 613 g/mol. The van der Waals surface area contributed by atoms with Gasteiger partial charge in [0, 0.05) is 50.4 Å². The van der Waals surface area contributed by atoms with Crippen molar-refractivity contribution in [3.63, 3.8) is 0 Å². The van der Waals surface area contributed by atoms with Crippen LogP contribution in [0.2, 0.25) is 0 Å². The van der Waals surface area contributed by atoms with E-state index in [-0.39, 0.29) is 31.4 Å². The molecule has 2 aliphatic rings. The lowest BCUT2D eigenvalue weighted by Gasteiger charge is -2.38. The Morgan fingerprint density at radius 1 is 1.02 bits per heavy atom. The molecule has 45 heavy (non-hydrogen) atoms. The number of aryl methyl sites for hydroxylation is 1. The number of hydrogen-bond acceptors (Lipinski definition) is 7. The maximum Gasteiger partial charge on any atom is 0.258 e. The lowest BCUT2D eigenvalue weighted by Crippen LogP contribution is -2.57. The van der Waals surface area contributed by atoms with Gasteiger partial charge in [-0.25, -0.2) is 9.07 Å². The molecule has 1 aromatic heterocycles. The molecule has 6 rings (SSSR count). The minimum absolute atomic E-state index is 0.165. The maximum atomic E-state index is 14.6. The van der Waals surface area contributed by atoms with Crippen LogP contribution in [0.15, 0.2) is 79.1 Å². The van der Waals surface area contributed by atoms with Gasteiger partial charge in [-0.2, -0.15) is 5.10 Å². The molecule has 4 aromatic rings. The third kappa shape index (κ3) is 7.79. The van der Waals surface area contributed by atoms with Gasteiger partial charge in [-0.3, -0.25) is 14.5 Å². The number of nitrogens with one attached hydrogen (secondary N) is 2. The third-order valence-corrected chi connectivity index (χ3v) is 7.98. The molecule has 3 aromatic carbocycles. The summed E-state index contributed by atoms with van der Waals surface area (Å²) in [5.74, 6) is 0.317. The van der Waals surface area contributed by atoms with Crippen LogP contribution in [-0.4, -0.2) is 65.4 Å². The lowest BCUT2D eigenvalue weighted by atomic mass is 10.0. The highest BCUT2D eigenvalue weighted by Gasteiger charge is 2.33. The van der Waals surface area contributed by atoms with Gasteiger partial charge < -0.3 is 24.8 Å². The molecule has 0 aliphatic carbocycles. The first kappa shape index (κ1) is 30.1. The van der Waals surface area contributed by atoms with Crippen molar-refractivity contribution in [3.8, 4) is 22.9 Å². The summed E-state index contributed by atoms with van der Waals surface area (Å²) in [5.41, 5.74) is 3.47. The summed E-state index contributed by atoms with van der Waals surface area (Å²) in [6.45, 7) is 1.77. The Hall–Kier alpha value is -4.90. The quantitative estimate of drug-likeness (QED) is 0.361. The second kappa shape index (κ2) is 13.8. The van der Waals surface area contributed by atoms with Gasteiger partial charge in [0.2, 0.25) is 5.91 Å². The minimum atomic E-state index is -0.459. The number of halogens is 1. The highest BCUT2D eigenvalue weighted by molar-refractivity contribution is 5.78. The highest BCUT2D eigenvalue weighted by Crippen LogP contribution is 2.29. The molecule has 1 saturated heterocycles. The summed E-state index contributed by atoms with van der Waals surface area (Å²) in [5, 5.41) is 10.5. The van der Waals surface area contributed by atoms with Crippen molar-refractivity contribution in [3.05, 3.63) is 102 Å². The first-order valence-corrected chi connectivity index (χ1v) is 15.0. The molecule has 0 saturated carbocycles. The Labute approximate surface area is 261 Å². The molecule has 2 amide bonds. The van der Waals surface area contributed by atoms with Crippen LogP contribution in [0.1, 0.15) is 29.5 Å². The van der Waals surface area contributed by atoms with Gasteiger partial charge in [0.15, 0.2) is 18.1 Å². The van der Waals surface area contributed by atoms with E-state index in [1.165, 1.54) is 19.2 Å². The number of para-hydroxylation sites is 1. The summed E-state index contributed by atoms with van der Waals surface area (Å²) >= 11 is 0. The standard InChI is InChI=1S/C34H36FN5O5/c1-43-31-9-7-23-8-10-33(41)36-17-24-13-26(35)16-28(14-24)45-30-11-12-39(21-29(30)38-34(42)22-44-32(31)15-23)19-25-18-37-40(20-25)27-5-3-2-4-6-27/h2-7,9,13-16,18,20,29-30H,8,10-12,17,19,21-22H2,1H3,(H,36,41)(H,38,42)/t29-,30-/m1/s1. The van der Waals surface area contributed by atoms with E-state index < -0.39 is 18.0 Å². The number of nitrogens with zero attached hydrogens (tertiary/aromatic N) is 3. The number of piperidine rings is 1. The second-order valence-electron chi connectivity index (χ2n) is 11.3. The van der Waals surface area contributed by atoms with E-state index >= 15 is 0 Å². The molecule has 0 spiro atoms. The van der Waals surface area contributed by atoms with Gasteiger partial charge in [0.05, 0.1) is 25.0 Å². The summed E-state index contributed by atoms with van der Waals surface area (Å²) in [7, 11) is 1.54. The zero-order chi connectivity index (χ0) is 31.2. The molecule has 1 fully saturated rings. The van der Waals surface area contributed by atoms with Crippen LogP contribution < -0.4 is 24.8 Å². The number of likely N-dealkylation sites (tertiary alicyclic amines) is 1. The molecule has 2 aliphatic heterocycles. The van der Waals surface area contributed by atoms with Crippen LogP contribution in [-0.2, 0) is 29.1 Å². The summed E-state index contributed by atoms with van der Waals surface area (Å²) < 4.78 is 34.1. The maximum absolute atomic E-state index is 14.6. The van der Waals surface area contributed by atoms with E-state index in [0.717, 1.165) is 16.8 Å². The van der Waals surface area contributed by atoms with Gasteiger partial charge in [0.25, 0.3) is 5.91 Å². The molecular formula is C34H36FN5O5. The highest BCUT2D eigenvalue weighted by atomic mass is 19.1. The number of ether oxygens (including phenoxy) is 3. The predicted octanol–water partition coefficient (Wildman–Crippen LogP) is 3.80. The molecule has 2 N–H and O–H groups in total. The number of fused-ring (bicyclic) bond motifs is 5. The van der Waals surface area contributed by atoms with Crippen molar-refractivity contribution in [2.24, 2.45) is 0 Å². The zero-order valence-electron chi connectivity index (χ0n) is 25.1. The van der Waals surface area contributed by atoms with Crippen LogP contribution in [0.3, 0.4) is 0 Å². The Morgan fingerprint density at radius 3 is 2.73 bits per heavy atom. The topological polar surface area (TPSA) is 107 Å². The van der Waals surface area contributed by atoms with E-state index in [1.54, 1.807) is 18.2 Å². The molecule has 11 heteroatoms. The molecule has 10 nitrogen and oxygen atoms in total. The molecule has 0 unspecified atom stereocenters. The fourth-order valence-electron chi connectivity index (χ4n) is 5.74. The average Bonchev–Trinajstić information content (AvgIpc) is 3.51. The SMILES string of the molecule is COc1ccc2cc1OCC(=O)N[C@@H]1CN(Cc3cnn(-c4ccccc4)c3)CC[C@H]1Oc1cc(F)cc(c1)CNC(=O)CC2. The molecule has 3 heterocycles. The summed E-state index contributed by atoms with van der Waals surface area (Å²) in [4.78, 5) is 28.1. The number of carbonyl (C=O) groups excluding carboxylic acids is 2. The van der Waals surface area contributed by atoms with Crippen molar-refractivity contribution in [1.29, 1.82) is 0 Å². The molecule has 2 atom stereocenters. The van der Waals surface area contributed by atoms with Crippen molar-refractivity contribution < 1.29 is 28.2 Å². The Balaban J connectivity index is 1.22. The third-order valence-electron chi connectivity index (χ3n) is 7.98. The van der Waals surface area contributed by atoms with E-state index in [0.29, 0.717) is 55.3 Å². The fraction of sp³-hybridized carbons (Fsp3) is 0.324. The largest absolute Gasteiger partial charge is 0.493 e. The smallest absolute Gasteiger partial charge is 0.258 e. The second-order valence-corrected chi connectivity index (χ2v) is 11.3. The minimum Gasteiger partial charge on any atom is -0.493 e. The number of aromatic nitrogens is 2. The Bertz CT molecular complexity index is 1650. The average molecular weight is 614 g/mol. The van der Waals surface area contributed by atoms with Gasteiger partial charge in [0.1, 0.15) is 17.7 Å². The molecular weight excluding hydrogens is 577 g/mol. The Morgan fingerprint density at radius 2 is 1.89 bits per heavy atom. The van der Waals surface area contributed by atoms with Crippen molar-refractivity contribution in [2.75, 3.05) is 26.8 Å². The normalized spacial score (nSPS) is 19.5. The summed E-state index contributed by atoms with van der Waals surface area (Å²) in [6, 6.07) is 19.3. The van der Waals surface area contributed by atoms with E-state index in [4.69, 9.17) is 14.2 Å². The number of rotatable bonds is 4. The molecule has 234 valence electrons. The summed E-state index contributed by atoms with van der Waals surface area (Å²) in [6.07, 6.45) is 4.72. The van der Waals surface area contributed by atoms with Gasteiger partial charge >= 0.3 is 0 Å². The number of benzene rings is 3. The molecule has 4 bridgehead atoms. The first-order chi connectivity index (χ1) is 21.9. The van der Waals surface area contributed by atoms with Crippen molar-refractivity contribution in [1.82, 2.24) is 25.3 Å². The fourth-order valence-corrected chi connectivity index (χ4v) is 5.74. The van der Waals surface area contributed by atoms with Crippen LogP contribution >= 0.6 is 0 Å². The van der Waals surface area contributed by atoms with E-state index in [2.05, 4.69) is 20.6 Å². The van der Waals surface area contributed by atoms with Crippen LogP contribution in [0, 0.1) is 5.82 Å². The number of methoxy groups -OCH3 is 1. The van der Waals surface area contributed by atoms with Gasteiger partial charge in [-0.15, -0.1) is 0 Å². The van der Waals surface area contributed by atoms with Crippen molar-refractivity contribution >= 4 is 11.8 Å². The van der Waals surface area contributed by atoms with E-state index in [9.17, 15) is 14.0 Å². The van der Waals surface area contributed by atoms with Crippen LogP contribution in [0.4, 0.5) is 4.39 Å². The Kier molecular flexibility index (Phi) is 9.25. The number of amides is 2. The number of hydrogen-bond donors (Lipinski definition) is 2. The molecule has 0 radical (unpaired) electrons. The number of carbonyl (C=O) groups is 2.